The molecule has 130 valence electrons. The molecule has 1 N–H and O–H groups in total. The molecule has 1 aromatic carbocycles. The molecule has 6 heteroatoms. The fourth-order valence-corrected chi connectivity index (χ4v) is 4.21. The Labute approximate surface area is 142 Å². The van der Waals surface area contributed by atoms with Gasteiger partial charge in [0.25, 0.3) is 0 Å². The van der Waals surface area contributed by atoms with Crippen molar-refractivity contribution in [1.29, 1.82) is 0 Å². The highest BCUT2D eigenvalue weighted by Gasteiger charge is 2.43. The first-order valence-corrected chi connectivity index (χ1v) is 8.67. The van der Waals surface area contributed by atoms with Gasteiger partial charge in [0.2, 0.25) is 0 Å². The van der Waals surface area contributed by atoms with E-state index in [9.17, 15) is 4.79 Å². The van der Waals surface area contributed by atoms with Crippen molar-refractivity contribution in [3.8, 4) is 5.75 Å². The molecule has 2 saturated heterocycles. The standard InChI is InChI=1S/C18H24N2O4/c1-22-15-4-2-3-13-5-10-23-18(16(13)15)6-8-20(9-7-18)12-14-11-19-17(21)24-14/h2-4,14H,5-12H2,1H3,(H,19,21). The molecule has 0 saturated carbocycles. The van der Waals surface area contributed by atoms with Crippen molar-refractivity contribution >= 4 is 6.09 Å². The zero-order valence-electron chi connectivity index (χ0n) is 14.0. The van der Waals surface area contributed by atoms with Crippen LogP contribution in [0.1, 0.15) is 24.0 Å². The van der Waals surface area contributed by atoms with Gasteiger partial charge in [-0.05, 0) is 30.9 Å². The molecule has 4 rings (SSSR count). The van der Waals surface area contributed by atoms with Gasteiger partial charge in [0, 0.05) is 25.2 Å². The van der Waals surface area contributed by atoms with Gasteiger partial charge in [-0.25, -0.2) is 4.79 Å². The Morgan fingerprint density at radius 3 is 2.92 bits per heavy atom. The van der Waals surface area contributed by atoms with E-state index >= 15 is 0 Å². The molecule has 6 nitrogen and oxygen atoms in total. The van der Waals surface area contributed by atoms with Gasteiger partial charge in [0.15, 0.2) is 0 Å². The molecule has 3 aliphatic heterocycles. The first-order valence-electron chi connectivity index (χ1n) is 8.67. The topological polar surface area (TPSA) is 60.0 Å². The number of carbonyl (C=O) groups excluding carboxylic acids is 1. The van der Waals surface area contributed by atoms with Crippen molar-refractivity contribution in [2.24, 2.45) is 0 Å². The summed E-state index contributed by atoms with van der Waals surface area (Å²) in [4.78, 5) is 13.5. The van der Waals surface area contributed by atoms with Crippen molar-refractivity contribution in [1.82, 2.24) is 10.2 Å². The Bertz CT molecular complexity index is 611. The molecule has 0 aromatic heterocycles. The Kier molecular flexibility index (Phi) is 4.10. The summed E-state index contributed by atoms with van der Waals surface area (Å²) in [6.45, 7) is 4.03. The van der Waals surface area contributed by atoms with Crippen LogP contribution in [0.4, 0.5) is 4.79 Å². The molecule has 24 heavy (non-hydrogen) atoms. The zero-order chi connectivity index (χ0) is 16.6. The second-order valence-electron chi connectivity index (χ2n) is 6.80. The molecule has 2 fully saturated rings. The number of fused-ring (bicyclic) bond motifs is 2. The largest absolute Gasteiger partial charge is 0.496 e. The molecule has 1 unspecified atom stereocenters. The highest BCUT2D eigenvalue weighted by atomic mass is 16.6. The number of nitrogens with zero attached hydrogens (tertiary/aromatic N) is 1. The Morgan fingerprint density at radius 1 is 1.38 bits per heavy atom. The lowest BCUT2D eigenvalue weighted by Gasteiger charge is -2.45. The van der Waals surface area contributed by atoms with Crippen LogP contribution < -0.4 is 10.1 Å². The van der Waals surface area contributed by atoms with Crippen LogP contribution >= 0.6 is 0 Å². The third-order valence-corrected chi connectivity index (χ3v) is 5.41. The summed E-state index contributed by atoms with van der Waals surface area (Å²) in [5.41, 5.74) is 2.36. The lowest BCUT2D eigenvalue weighted by Crippen LogP contribution is -2.48. The quantitative estimate of drug-likeness (QED) is 0.912. The van der Waals surface area contributed by atoms with E-state index in [4.69, 9.17) is 14.2 Å². The van der Waals surface area contributed by atoms with Crippen LogP contribution in [0.15, 0.2) is 18.2 Å². The Hall–Kier alpha value is -1.79. The van der Waals surface area contributed by atoms with Gasteiger partial charge in [0.05, 0.1) is 25.9 Å². The summed E-state index contributed by atoms with van der Waals surface area (Å²) in [6.07, 6.45) is 2.48. The molecule has 0 radical (unpaired) electrons. The van der Waals surface area contributed by atoms with Crippen LogP contribution in [0.25, 0.3) is 0 Å². The molecule has 1 atom stereocenters. The fraction of sp³-hybridized carbons (Fsp3) is 0.611. The number of likely N-dealkylation sites (tertiary alicyclic amines) is 1. The van der Waals surface area contributed by atoms with Crippen molar-refractivity contribution < 1.29 is 19.0 Å². The minimum Gasteiger partial charge on any atom is -0.496 e. The molecule has 1 aromatic rings. The molecule has 3 heterocycles. The number of piperidine rings is 1. The molecule has 0 aliphatic carbocycles. The summed E-state index contributed by atoms with van der Waals surface area (Å²) >= 11 is 0. The van der Waals surface area contributed by atoms with Crippen LogP contribution in [-0.4, -0.2) is 57.0 Å². The number of cyclic esters (lactones) is 1. The molecule has 3 aliphatic rings. The average molecular weight is 332 g/mol. The third-order valence-electron chi connectivity index (χ3n) is 5.41. The van der Waals surface area contributed by atoms with Gasteiger partial charge in [-0.3, -0.25) is 4.90 Å². The van der Waals surface area contributed by atoms with Crippen molar-refractivity contribution in [2.75, 3.05) is 39.9 Å². The molecular weight excluding hydrogens is 308 g/mol. The van der Waals surface area contributed by atoms with Gasteiger partial charge in [-0.2, -0.15) is 0 Å². The molecular formula is C18H24N2O4. The smallest absolute Gasteiger partial charge is 0.407 e. The van der Waals surface area contributed by atoms with Crippen molar-refractivity contribution in [3.63, 3.8) is 0 Å². The van der Waals surface area contributed by atoms with Gasteiger partial charge in [0.1, 0.15) is 11.9 Å². The monoisotopic (exact) mass is 332 g/mol. The van der Waals surface area contributed by atoms with Crippen LogP contribution in [0.5, 0.6) is 5.75 Å². The van der Waals surface area contributed by atoms with E-state index in [-0.39, 0.29) is 17.8 Å². The number of carbonyl (C=O) groups is 1. The summed E-state index contributed by atoms with van der Waals surface area (Å²) in [5.74, 6) is 0.939. The predicted molar refractivity (Wildman–Crippen MR) is 88.3 cm³/mol. The SMILES string of the molecule is COc1cccc2c1C1(CCN(CC3CNC(=O)O3)CC1)OCC2. The predicted octanol–water partition coefficient (Wildman–Crippen LogP) is 1.67. The number of hydrogen-bond donors (Lipinski definition) is 1. The normalized spacial score (nSPS) is 25.9. The lowest BCUT2D eigenvalue weighted by atomic mass is 9.78. The van der Waals surface area contributed by atoms with E-state index in [1.165, 1.54) is 11.1 Å². The van der Waals surface area contributed by atoms with E-state index in [1.807, 2.05) is 6.07 Å². The van der Waals surface area contributed by atoms with Crippen molar-refractivity contribution in [3.05, 3.63) is 29.3 Å². The minimum atomic E-state index is -0.303. The summed E-state index contributed by atoms with van der Waals surface area (Å²) < 4.78 is 17.2. The van der Waals surface area contributed by atoms with Gasteiger partial charge in [-0.15, -0.1) is 0 Å². The fourth-order valence-electron chi connectivity index (χ4n) is 4.21. The van der Waals surface area contributed by atoms with Gasteiger partial charge < -0.3 is 19.5 Å². The third kappa shape index (κ3) is 2.74. The lowest BCUT2D eigenvalue weighted by molar-refractivity contribution is -0.101. The number of hydrogen-bond acceptors (Lipinski definition) is 5. The number of nitrogens with one attached hydrogen (secondary N) is 1. The highest BCUT2D eigenvalue weighted by Crippen LogP contribution is 2.45. The van der Waals surface area contributed by atoms with E-state index in [1.54, 1.807) is 7.11 Å². The Balaban J connectivity index is 1.48. The second-order valence-corrected chi connectivity index (χ2v) is 6.80. The summed E-state index contributed by atoms with van der Waals surface area (Å²) in [5, 5.41) is 2.72. The number of rotatable bonds is 3. The molecule has 0 bridgehead atoms. The number of methoxy groups -OCH3 is 1. The second kappa shape index (κ2) is 6.26. The summed E-state index contributed by atoms with van der Waals surface area (Å²) in [6, 6.07) is 6.29. The Morgan fingerprint density at radius 2 is 2.21 bits per heavy atom. The number of alkyl carbamates (subject to hydrolysis) is 1. The minimum absolute atomic E-state index is 0.0411. The van der Waals surface area contributed by atoms with Crippen LogP contribution in [-0.2, 0) is 21.5 Å². The first-order chi connectivity index (χ1) is 11.7. The number of amides is 1. The van der Waals surface area contributed by atoms with E-state index < -0.39 is 0 Å². The van der Waals surface area contributed by atoms with Crippen LogP contribution in [0.3, 0.4) is 0 Å². The first kappa shape index (κ1) is 15.7. The maximum Gasteiger partial charge on any atom is 0.407 e. The molecule has 1 spiro atoms. The number of ether oxygens (including phenoxy) is 3. The van der Waals surface area contributed by atoms with Crippen molar-refractivity contribution in [2.45, 2.75) is 31.0 Å². The van der Waals surface area contributed by atoms with Crippen LogP contribution in [0, 0.1) is 0 Å². The van der Waals surface area contributed by atoms with E-state index in [2.05, 4.69) is 22.3 Å². The van der Waals surface area contributed by atoms with E-state index in [0.717, 1.165) is 51.3 Å². The van der Waals surface area contributed by atoms with Crippen LogP contribution in [0.2, 0.25) is 0 Å². The van der Waals surface area contributed by atoms with Gasteiger partial charge >= 0.3 is 6.09 Å². The van der Waals surface area contributed by atoms with Gasteiger partial charge in [-0.1, -0.05) is 12.1 Å². The highest BCUT2D eigenvalue weighted by molar-refractivity contribution is 5.69. The molecule has 1 amide bonds. The maximum atomic E-state index is 11.2. The average Bonchev–Trinajstić information content (AvgIpc) is 3.02. The summed E-state index contributed by atoms with van der Waals surface area (Å²) in [7, 11) is 1.73. The van der Waals surface area contributed by atoms with E-state index in [0.29, 0.717) is 6.54 Å². The number of benzene rings is 1. The zero-order valence-corrected chi connectivity index (χ0v) is 14.0. The maximum absolute atomic E-state index is 11.2.